The molecule has 0 aliphatic carbocycles. The highest BCUT2D eigenvalue weighted by atomic mass is 32.1. The molecule has 1 saturated heterocycles. The Bertz CT molecular complexity index is 774. The number of nitrogens with zero attached hydrogens (tertiary/aromatic N) is 2. The van der Waals surface area contributed by atoms with E-state index in [1.54, 1.807) is 21.3 Å². The fraction of sp³-hybridized carbons (Fsp3) is 0.444. The van der Waals surface area contributed by atoms with E-state index in [4.69, 9.17) is 14.2 Å². The molecule has 1 atom stereocenters. The van der Waals surface area contributed by atoms with Crippen LogP contribution in [-0.2, 0) is 0 Å². The fourth-order valence-electron chi connectivity index (χ4n) is 3.16. The highest BCUT2D eigenvalue weighted by molar-refractivity contribution is 7.15. The topological polar surface area (TPSA) is 60.9 Å². The van der Waals surface area contributed by atoms with E-state index in [2.05, 4.69) is 4.98 Å². The summed E-state index contributed by atoms with van der Waals surface area (Å²) >= 11 is 1.30. The predicted molar refractivity (Wildman–Crippen MR) is 96.2 cm³/mol. The zero-order chi connectivity index (χ0) is 18.0. The van der Waals surface area contributed by atoms with Gasteiger partial charge in [0.05, 0.1) is 27.0 Å². The molecular formula is C18H22N2O4S. The fourth-order valence-corrected chi connectivity index (χ4v) is 4.01. The van der Waals surface area contributed by atoms with Crippen molar-refractivity contribution in [2.45, 2.75) is 19.3 Å². The van der Waals surface area contributed by atoms with Gasteiger partial charge in [-0.25, -0.2) is 4.98 Å². The summed E-state index contributed by atoms with van der Waals surface area (Å²) in [6, 6.07) is 5.79. The molecule has 1 aromatic heterocycles. The van der Waals surface area contributed by atoms with Crippen LogP contribution in [0.5, 0.6) is 16.7 Å². The SMILES string of the molecule is COc1ccc(OC)c([C@@H]2CCN(C(=O)c3sc(OC)nc3C)C2)c1. The van der Waals surface area contributed by atoms with Crippen molar-refractivity contribution in [1.82, 2.24) is 9.88 Å². The molecule has 6 nitrogen and oxygen atoms in total. The number of carbonyl (C=O) groups is 1. The van der Waals surface area contributed by atoms with Gasteiger partial charge in [-0.15, -0.1) is 0 Å². The highest BCUT2D eigenvalue weighted by Crippen LogP contribution is 2.37. The number of likely N-dealkylation sites (tertiary alicyclic amines) is 1. The van der Waals surface area contributed by atoms with Gasteiger partial charge in [0.2, 0.25) is 0 Å². The molecular weight excluding hydrogens is 340 g/mol. The Labute approximate surface area is 151 Å². The number of aromatic nitrogens is 1. The van der Waals surface area contributed by atoms with E-state index in [0.717, 1.165) is 23.5 Å². The molecule has 1 aliphatic heterocycles. The second-order valence-corrected chi connectivity index (χ2v) is 6.90. The number of methoxy groups -OCH3 is 3. The second-order valence-electron chi connectivity index (χ2n) is 5.94. The largest absolute Gasteiger partial charge is 0.497 e. The number of benzene rings is 1. The molecule has 2 aromatic rings. The van der Waals surface area contributed by atoms with Crippen molar-refractivity contribution in [2.24, 2.45) is 0 Å². The molecule has 1 amide bonds. The summed E-state index contributed by atoms with van der Waals surface area (Å²) in [6.45, 7) is 3.20. The van der Waals surface area contributed by atoms with Crippen LogP contribution in [0.4, 0.5) is 0 Å². The van der Waals surface area contributed by atoms with Gasteiger partial charge in [0, 0.05) is 24.6 Å². The summed E-state index contributed by atoms with van der Waals surface area (Å²) in [5.74, 6) is 1.87. The average molecular weight is 362 g/mol. The zero-order valence-corrected chi connectivity index (χ0v) is 15.7. The molecule has 3 rings (SSSR count). The smallest absolute Gasteiger partial charge is 0.273 e. The normalized spacial score (nSPS) is 16.8. The third kappa shape index (κ3) is 3.42. The highest BCUT2D eigenvalue weighted by Gasteiger charge is 2.31. The van der Waals surface area contributed by atoms with Crippen LogP contribution < -0.4 is 14.2 Å². The molecule has 0 N–H and O–H groups in total. The zero-order valence-electron chi connectivity index (χ0n) is 14.9. The molecule has 0 bridgehead atoms. The van der Waals surface area contributed by atoms with Crippen LogP contribution in [0.15, 0.2) is 18.2 Å². The first-order valence-electron chi connectivity index (χ1n) is 8.10. The van der Waals surface area contributed by atoms with Crippen molar-refractivity contribution in [3.8, 4) is 16.7 Å². The van der Waals surface area contributed by atoms with Gasteiger partial charge >= 0.3 is 0 Å². The molecule has 7 heteroatoms. The Morgan fingerprint density at radius 1 is 1.24 bits per heavy atom. The minimum Gasteiger partial charge on any atom is -0.497 e. The van der Waals surface area contributed by atoms with Gasteiger partial charge < -0.3 is 19.1 Å². The second kappa shape index (κ2) is 7.31. The summed E-state index contributed by atoms with van der Waals surface area (Å²) in [5, 5.41) is 0.520. The Morgan fingerprint density at radius 3 is 2.68 bits per heavy atom. The molecule has 1 aliphatic rings. The van der Waals surface area contributed by atoms with E-state index in [9.17, 15) is 4.79 Å². The Balaban J connectivity index is 1.79. The van der Waals surface area contributed by atoms with Crippen LogP contribution in [0.2, 0.25) is 0 Å². The Hall–Kier alpha value is -2.28. The Kier molecular flexibility index (Phi) is 5.13. The van der Waals surface area contributed by atoms with E-state index in [-0.39, 0.29) is 11.8 Å². The molecule has 2 heterocycles. The average Bonchev–Trinajstić information content (AvgIpc) is 3.27. The van der Waals surface area contributed by atoms with Crippen LogP contribution in [-0.4, -0.2) is 50.2 Å². The summed E-state index contributed by atoms with van der Waals surface area (Å²) in [5.41, 5.74) is 1.80. The minimum atomic E-state index is 0.0164. The van der Waals surface area contributed by atoms with Gasteiger partial charge in [-0.3, -0.25) is 4.79 Å². The van der Waals surface area contributed by atoms with Crippen molar-refractivity contribution >= 4 is 17.2 Å². The summed E-state index contributed by atoms with van der Waals surface area (Å²) in [6.07, 6.45) is 0.893. The van der Waals surface area contributed by atoms with Crippen molar-refractivity contribution in [2.75, 3.05) is 34.4 Å². The number of carbonyl (C=O) groups excluding carboxylic acids is 1. The lowest BCUT2D eigenvalue weighted by atomic mass is 9.97. The molecule has 1 aromatic carbocycles. The third-order valence-corrected chi connectivity index (χ3v) is 5.60. The van der Waals surface area contributed by atoms with Crippen molar-refractivity contribution < 1.29 is 19.0 Å². The number of rotatable bonds is 5. The van der Waals surface area contributed by atoms with Crippen LogP contribution in [0, 0.1) is 6.92 Å². The number of ether oxygens (including phenoxy) is 3. The first kappa shape index (κ1) is 17.5. The quantitative estimate of drug-likeness (QED) is 0.818. The monoisotopic (exact) mass is 362 g/mol. The minimum absolute atomic E-state index is 0.0164. The van der Waals surface area contributed by atoms with Gasteiger partial charge in [0.25, 0.3) is 11.1 Å². The van der Waals surface area contributed by atoms with Gasteiger partial charge in [0.1, 0.15) is 16.4 Å². The molecule has 0 spiro atoms. The standard InChI is InChI=1S/C18H22N2O4S/c1-11-16(25-18(19-11)24-4)17(21)20-8-7-12(10-20)14-9-13(22-2)5-6-15(14)23-3/h5-6,9,12H,7-8,10H2,1-4H3/t12-/m1/s1. The van der Waals surface area contributed by atoms with E-state index >= 15 is 0 Å². The van der Waals surface area contributed by atoms with Crippen LogP contribution in [0.1, 0.15) is 33.3 Å². The van der Waals surface area contributed by atoms with Gasteiger partial charge in [-0.2, -0.15) is 0 Å². The van der Waals surface area contributed by atoms with Gasteiger partial charge in [0.15, 0.2) is 0 Å². The first-order valence-corrected chi connectivity index (χ1v) is 8.91. The van der Waals surface area contributed by atoms with Crippen molar-refractivity contribution in [3.63, 3.8) is 0 Å². The van der Waals surface area contributed by atoms with Crippen LogP contribution >= 0.6 is 11.3 Å². The van der Waals surface area contributed by atoms with Gasteiger partial charge in [-0.05, 0) is 31.5 Å². The maximum absolute atomic E-state index is 12.8. The van der Waals surface area contributed by atoms with E-state index in [0.29, 0.717) is 28.9 Å². The van der Waals surface area contributed by atoms with E-state index in [1.165, 1.54) is 11.3 Å². The molecule has 25 heavy (non-hydrogen) atoms. The van der Waals surface area contributed by atoms with E-state index < -0.39 is 0 Å². The molecule has 0 radical (unpaired) electrons. The number of hydrogen-bond acceptors (Lipinski definition) is 6. The maximum atomic E-state index is 12.8. The number of amides is 1. The molecule has 1 fully saturated rings. The summed E-state index contributed by atoms with van der Waals surface area (Å²) in [7, 11) is 4.87. The number of thiazole rings is 1. The lowest BCUT2D eigenvalue weighted by Crippen LogP contribution is -2.28. The molecule has 0 unspecified atom stereocenters. The Morgan fingerprint density at radius 2 is 2.04 bits per heavy atom. The third-order valence-electron chi connectivity index (χ3n) is 4.50. The van der Waals surface area contributed by atoms with Gasteiger partial charge in [-0.1, -0.05) is 11.3 Å². The first-order chi connectivity index (χ1) is 12.1. The summed E-state index contributed by atoms with van der Waals surface area (Å²) < 4.78 is 16.0. The van der Waals surface area contributed by atoms with Crippen LogP contribution in [0.3, 0.4) is 0 Å². The van der Waals surface area contributed by atoms with Crippen molar-refractivity contribution in [1.29, 1.82) is 0 Å². The summed E-state index contributed by atoms with van der Waals surface area (Å²) in [4.78, 5) is 19.6. The number of aryl methyl sites for hydroxylation is 1. The maximum Gasteiger partial charge on any atom is 0.273 e. The number of hydrogen-bond donors (Lipinski definition) is 0. The van der Waals surface area contributed by atoms with Crippen molar-refractivity contribution in [3.05, 3.63) is 34.3 Å². The lowest BCUT2D eigenvalue weighted by Gasteiger charge is -2.18. The predicted octanol–water partition coefficient (Wildman–Crippen LogP) is 3.11. The molecule has 0 saturated carbocycles. The van der Waals surface area contributed by atoms with E-state index in [1.807, 2.05) is 30.0 Å². The lowest BCUT2D eigenvalue weighted by molar-refractivity contribution is 0.0794. The molecule has 134 valence electrons. The van der Waals surface area contributed by atoms with Crippen LogP contribution in [0.25, 0.3) is 0 Å².